The normalized spacial score (nSPS) is 11.9. The van der Waals surface area contributed by atoms with Gasteiger partial charge in [0.05, 0.1) is 4.90 Å². The number of primary sulfonamides is 1. The van der Waals surface area contributed by atoms with Gasteiger partial charge >= 0.3 is 0 Å². The summed E-state index contributed by atoms with van der Waals surface area (Å²) in [5.41, 5.74) is -0.271. The van der Waals surface area contributed by atoms with E-state index in [9.17, 15) is 18.0 Å². The molecule has 0 saturated heterocycles. The molecule has 0 radical (unpaired) electrons. The predicted octanol–water partition coefficient (Wildman–Crippen LogP) is 1.67. The molecule has 8 heteroatoms. The molecule has 1 aromatic rings. The molecule has 0 aliphatic rings. The highest BCUT2D eigenvalue weighted by Crippen LogP contribution is 2.20. The number of amides is 2. The number of hydrogen-bond acceptors (Lipinski definition) is 4. The van der Waals surface area contributed by atoms with Crippen molar-refractivity contribution in [2.75, 3.05) is 19.6 Å². The maximum Gasteiger partial charge on any atom is 0.238 e. The molecule has 0 bridgehead atoms. The summed E-state index contributed by atoms with van der Waals surface area (Å²) in [4.78, 5) is 27.1. The van der Waals surface area contributed by atoms with E-state index in [1.54, 1.807) is 30.9 Å². The summed E-state index contributed by atoms with van der Waals surface area (Å²) in [5.74, 6) is -0.480. The molecule has 1 aromatic carbocycles. The van der Waals surface area contributed by atoms with Crippen LogP contribution >= 0.6 is 0 Å². The first-order valence-electron chi connectivity index (χ1n) is 9.23. The lowest BCUT2D eigenvalue weighted by Gasteiger charge is -2.30. The minimum Gasteiger partial charge on any atom is -0.355 e. The average Bonchev–Trinajstić information content (AvgIpc) is 2.60. The number of hydrogen-bond donors (Lipinski definition) is 2. The zero-order chi connectivity index (χ0) is 20.7. The standard InChI is InChI=1S/C19H31N3O4S/c1-5-13-22(14-6-2)18(24)19(3,4)17(23)21-12-11-15-7-9-16(10-8-15)27(20,25)26/h7-10H,5-6,11-14H2,1-4H3,(H,21,23)(H2,20,25,26). The number of rotatable bonds is 10. The third kappa shape index (κ3) is 6.62. The number of carbonyl (C=O) groups is 2. The van der Waals surface area contributed by atoms with E-state index in [1.165, 1.54) is 12.1 Å². The Labute approximate surface area is 162 Å². The Morgan fingerprint density at radius 3 is 2.04 bits per heavy atom. The molecule has 0 fully saturated rings. The van der Waals surface area contributed by atoms with Gasteiger partial charge in [0.15, 0.2) is 0 Å². The van der Waals surface area contributed by atoms with Crippen molar-refractivity contribution in [3.8, 4) is 0 Å². The maximum absolute atomic E-state index is 12.7. The molecule has 0 aliphatic carbocycles. The molecule has 7 nitrogen and oxygen atoms in total. The Morgan fingerprint density at radius 1 is 1.07 bits per heavy atom. The lowest BCUT2D eigenvalue weighted by Crippen LogP contribution is -2.50. The maximum atomic E-state index is 12.7. The predicted molar refractivity (Wildman–Crippen MR) is 105 cm³/mol. The third-order valence-corrected chi connectivity index (χ3v) is 5.26. The van der Waals surface area contributed by atoms with E-state index in [0.717, 1.165) is 18.4 Å². The van der Waals surface area contributed by atoms with Gasteiger partial charge in [0.25, 0.3) is 0 Å². The SMILES string of the molecule is CCCN(CCC)C(=O)C(C)(C)C(=O)NCCc1ccc(S(N)(=O)=O)cc1. The molecule has 0 heterocycles. The molecule has 0 unspecified atom stereocenters. The smallest absolute Gasteiger partial charge is 0.238 e. The molecule has 0 aliphatic heterocycles. The van der Waals surface area contributed by atoms with Crippen LogP contribution in [-0.2, 0) is 26.0 Å². The van der Waals surface area contributed by atoms with Crippen molar-refractivity contribution in [2.45, 2.75) is 51.9 Å². The van der Waals surface area contributed by atoms with Gasteiger partial charge in [0.2, 0.25) is 21.8 Å². The summed E-state index contributed by atoms with van der Waals surface area (Å²) in [5, 5.41) is 7.88. The number of nitrogens with one attached hydrogen (secondary N) is 1. The zero-order valence-corrected chi connectivity index (χ0v) is 17.4. The van der Waals surface area contributed by atoms with Crippen LogP contribution in [0.25, 0.3) is 0 Å². The van der Waals surface area contributed by atoms with E-state index in [-0.39, 0.29) is 16.7 Å². The average molecular weight is 398 g/mol. The molecular weight excluding hydrogens is 366 g/mol. The van der Waals surface area contributed by atoms with Crippen LogP contribution in [0.3, 0.4) is 0 Å². The first kappa shape index (κ1) is 23.1. The second kappa shape index (κ2) is 9.85. The summed E-state index contributed by atoms with van der Waals surface area (Å²) in [7, 11) is -3.71. The lowest BCUT2D eigenvalue weighted by molar-refractivity contribution is -0.148. The van der Waals surface area contributed by atoms with Crippen LogP contribution in [0, 0.1) is 5.41 Å². The summed E-state index contributed by atoms with van der Waals surface area (Å²) in [6.45, 7) is 8.92. The van der Waals surface area contributed by atoms with E-state index in [0.29, 0.717) is 26.1 Å². The van der Waals surface area contributed by atoms with Crippen LogP contribution in [0.4, 0.5) is 0 Å². The molecule has 1 rings (SSSR count). The van der Waals surface area contributed by atoms with Crippen LogP contribution in [0.5, 0.6) is 0 Å². The number of carbonyl (C=O) groups excluding carboxylic acids is 2. The highest BCUT2D eigenvalue weighted by Gasteiger charge is 2.38. The van der Waals surface area contributed by atoms with Gasteiger partial charge in [-0.1, -0.05) is 26.0 Å². The number of sulfonamides is 1. The molecule has 0 atom stereocenters. The summed E-state index contributed by atoms with van der Waals surface area (Å²) in [6, 6.07) is 6.19. The highest BCUT2D eigenvalue weighted by molar-refractivity contribution is 7.89. The van der Waals surface area contributed by atoms with Crippen LogP contribution in [0.2, 0.25) is 0 Å². The van der Waals surface area contributed by atoms with Gasteiger partial charge in [0, 0.05) is 19.6 Å². The minimum absolute atomic E-state index is 0.0500. The lowest BCUT2D eigenvalue weighted by atomic mass is 9.90. The van der Waals surface area contributed by atoms with Crippen molar-refractivity contribution >= 4 is 21.8 Å². The number of nitrogens with zero attached hydrogens (tertiary/aromatic N) is 1. The van der Waals surface area contributed by atoms with Crippen LogP contribution in [-0.4, -0.2) is 44.8 Å². The van der Waals surface area contributed by atoms with Gasteiger partial charge < -0.3 is 10.2 Å². The monoisotopic (exact) mass is 397 g/mol. The molecule has 0 aromatic heterocycles. The van der Waals surface area contributed by atoms with E-state index in [4.69, 9.17) is 5.14 Å². The van der Waals surface area contributed by atoms with Crippen LogP contribution < -0.4 is 10.5 Å². The molecule has 0 saturated carbocycles. The van der Waals surface area contributed by atoms with Gasteiger partial charge in [0.1, 0.15) is 5.41 Å². The Hall–Kier alpha value is -1.93. The van der Waals surface area contributed by atoms with Crippen LogP contribution in [0.15, 0.2) is 29.2 Å². The largest absolute Gasteiger partial charge is 0.355 e. The quantitative estimate of drug-likeness (QED) is 0.585. The topological polar surface area (TPSA) is 110 Å². The number of benzene rings is 1. The second-order valence-corrected chi connectivity index (χ2v) is 8.67. The third-order valence-electron chi connectivity index (χ3n) is 4.33. The Morgan fingerprint density at radius 2 is 1.59 bits per heavy atom. The van der Waals surface area contributed by atoms with Gasteiger partial charge in [-0.25, -0.2) is 13.6 Å². The van der Waals surface area contributed by atoms with E-state index in [2.05, 4.69) is 5.32 Å². The molecule has 152 valence electrons. The fourth-order valence-corrected chi connectivity index (χ4v) is 3.25. The molecule has 3 N–H and O–H groups in total. The van der Waals surface area contributed by atoms with E-state index in [1.807, 2.05) is 13.8 Å². The van der Waals surface area contributed by atoms with E-state index >= 15 is 0 Å². The second-order valence-electron chi connectivity index (χ2n) is 7.11. The first-order chi connectivity index (χ1) is 12.5. The Bertz CT molecular complexity index is 737. The van der Waals surface area contributed by atoms with Crippen molar-refractivity contribution in [1.29, 1.82) is 0 Å². The summed E-state index contributed by atoms with van der Waals surface area (Å²) < 4.78 is 22.5. The fraction of sp³-hybridized carbons (Fsp3) is 0.579. The minimum atomic E-state index is -3.71. The van der Waals surface area contributed by atoms with Gasteiger partial charge in [-0.15, -0.1) is 0 Å². The highest BCUT2D eigenvalue weighted by atomic mass is 32.2. The van der Waals surface area contributed by atoms with E-state index < -0.39 is 15.4 Å². The molecule has 27 heavy (non-hydrogen) atoms. The number of nitrogens with two attached hydrogens (primary N) is 1. The van der Waals surface area contributed by atoms with Crippen molar-refractivity contribution in [3.63, 3.8) is 0 Å². The van der Waals surface area contributed by atoms with Crippen molar-refractivity contribution in [2.24, 2.45) is 10.6 Å². The summed E-state index contributed by atoms with van der Waals surface area (Å²) in [6.07, 6.45) is 2.21. The first-order valence-corrected chi connectivity index (χ1v) is 10.8. The van der Waals surface area contributed by atoms with Gasteiger partial charge in [-0.05, 0) is 50.8 Å². The summed E-state index contributed by atoms with van der Waals surface area (Å²) >= 11 is 0. The van der Waals surface area contributed by atoms with Crippen LogP contribution in [0.1, 0.15) is 46.1 Å². The van der Waals surface area contributed by atoms with Gasteiger partial charge in [-0.3, -0.25) is 9.59 Å². The molecular formula is C19H31N3O4S. The fourth-order valence-electron chi connectivity index (χ4n) is 2.73. The Kier molecular flexibility index (Phi) is 8.43. The molecule has 0 spiro atoms. The van der Waals surface area contributed by atoms with Gasteiger partial charge in [-0.2, -0.15) is 0 Å². The van der Waals surface area contributed by atoms with Crippen molar-refractivity contribution in [3.05, 3.63) is 29.8 Å². The molecule has 2 amide bonds. The van der Waals surface area contributed by atoms with Crippen molar-refractivity contribution < 1.29 is 18.0 Å². The van der Waals surface area contributed by atoms with Crippen molar-refractivity contribution in [1.82, 2.24) is 10.2 Å². The Balaban J connectivity index is 2.65. The zero-order valence-electron chi connectivity index (χ0n) is 16.6.